The van der Waals surface area contributed by atoms with E-state index >= 15 is 0 Å². The average Bonchev–Trinajstić information content (AvgIpc) is 3.38. The second-order valence-corrected chi connectivity index (χ2v) is 9.91. The summed E-state index contributed by atoms with van der Waals surface area (Å²) in [4.78, 5) is 12.5. The molecule has 0 aliphatic heterocycles. The Balaban J connectivity index is 1.80. The standard InChI is InChI=1S/C20H23ClN2O3S/c1-20(2,3)14-5-7-15(8-6-14)22-19(24)13-4-11-17(21)18(12-13)27(25,26)23-16-9-10-16/h4-8,11-12,16,23H,9-10H2,1-3H3,(H,22,24). The number of carbonyl (C=O) groups is 1. The monoisotopic (exact) mass is 406 g/mol. The first-order valence-corrected chi connectivity index (χ1v) is 10.7. The molecule has 1 saturated carbocycles. The number of rotatable bonds is 5. The maximum Gasteiger partial charge on any atom is 0.255 e. The van der Waals surface area contributed by atoms with E-state index < -0.39 is 15.9 Å². The molecular formula is C20H23ClN2O3S. The summed E-state index contributed by atoms with van der Waals surface area (Å²) in [6.07, 6.45) is 1.64. The second kappa shape index (κ2) is 7.26. The van der Waals surface area contributed by atoms with Crippen LogP contribution in [0.25, 0.3) is 0 Å². The van der Waals surface area contributed by atoms with Gasteiger partial charge in [0.05, 0.1) is 5.02 Å². The Morgan fingerprint density at radius 1 is 1.07 bits per heavy atom. The Bertz CT molecular complexity index is 960. The molecule has 2 aromatic rings. The molecule has 2 N–H and O–H groups in total. The molecule has 144 valence electrons. The van der Waals surface area contributed by atoms with Gasteiger partial charge in [-0.1, -0.05) is 44.5 Å². The van der Waals surface area contributed by atoms with Crippen molar-refractivity contribution >= 4 is 33.2 Å². The fraction of sp³-hybridized carbons (Fsp3) is 0.350. The van der Waals surface area contributed by atoms with Crippen molar-refractivity contribution in [3.05, 3.63) is 58.6 Å². The van der Waals surface area contributed by atoms with Crippen LogP contribution in [0.2, 0.25) is 5.02 Å². The van der Waals surface area contributed by atoms with Gasteiger partial charge in [0.15, 0.2) is 0 Å². The Morgan fingerprint density at radius 2 is 1.70 bits per heavy atom. The lowest BCUT2D eigenvalue weighted by molar-refractivity contribution is 0.102. The molecule has 0 atom stereocenters. The van der Waals surface area contributed by atoms with Crippen molar-refractivity contribution in [3.8, 4) is 0 Å². The minimum absolute atomic E-state index is 0.0243. The highest BCUT2D eigenvalue weighted by Gasteiger charge is 2.29. The van der Waals surface area contributed by atoms with Gasteiger partial charge in [0.25, 0.3) is 5.91 Å². The molecule has 0 unspecified atom stereocenters. The second-order valence-electron chi connectivity index (χ2n) is 7.82. The van der Waals surface area contributed by atoms with E-state index in [9.17, 15) is 13.2 Å². The molecule has 2 aromatic carbocycles. The number of carbonyl (C=O) groups excluding carboxylic acids is 1. The van der Waals surface area contributed by atoms with Crippen LogP contribution in [-0.4, -0.2) is 20.4 Å². The molecular weight excluding hydrogens is 384 g/mol. The van der Waals surface area contributed by atoms with Crippen LogP contribution < -0.4 is 10.0 Å². The zero-order valence-electron chi connectivity index (χ0n) is 15.5. The van der Waals surface area contributed by atoms with Crippen molar-refractivity contribution in [2.24, 2.45) is 0 Å². The van der Waals surface area contributed by atoms with Gasteiger partial charge in [0.1, 0.15) is 4.90 Å². The first-order chi connectivity index (χ1) is 12.6. The molecule has 1 aliphatic rings. The van der Waals surface area contributed by atoms with Gasteiger partial charge in [0, 0.05) is 17.3 Å². The molecule has 0 radical (unpaired) electrons. The SMILES string of the molecule is CC(C)(C)c1ccc(NC(=O)c2ccc(Cl)c(S(=O)(=O)NC3CC3)c2)cc1. The van der Waals surface area contributed by atoms with E-state index in [2.05, 4.69) is 30.8 Å². The van der Waals surface area contributed by atoms with Crippen molar-refractivity contribution < 1.29 is 13.2 Å². The summed E-state index contributed by atoms with van der Waals surface area (Å²) < 4.78 is 27.5. The number of sulfonamides is 1. The van der Waals surface area contributed by atoms with E-state index in [4.69, 9.17) is 11.6 Å². The van der Waals surface area contributed by atoms with Crippen molar-refractivity contribution in [2.45, 2.75) is 50.0 Å². The largest absolute Gasteiger partial charge is 0.322 e. The molecule has 5 nitrogen and oxygen atoms in total. The molecule has 0 spiro atoms. The fourth-order valence-electron chi connectivity index (χ4n) is 2.59. The number of benzene rings is 2. The zero-order chi connectivity index (χ0) is 19.8. The van der Waals surface area contributed by atoms with Gasteiger partial charge in [-0.3, -0.25) is 4.79 Å². The Morgan fingerprint density at radius 3 is 2.26 bits per heavy atom. The lowest BCUT2D eigenvalue weighted by Gasteiger charge is -2.19. The van der Waals surface area contributed by atoms with Crippen LogP contribution in [0, 0.1) is 0 Å². The molecule has 0 heterocycles. The van der Waals surface area contributed by atoms with E-state index in [1.165, 1.54) is 18.2 Å². The van der Waals surface area contributed by atoms with Crippen molar-refractivity contribution in [1.29, 1.82) is 0 Å². The van der Waals surface area contributed by atoms with Gasteiger partial charge in [0.2, 0.25) is 10.0 Å². The molecule has 0 saturated heterocycles. The third kappa shape index (κ3) is 4.89. The number of halogens is 1. The van der Waals surface area contributed by atoms with Crippen LogP contribution in [0.5, 0.6) is 0 Å². The first kappa shape index (κ1) is 19.9. The van der Waals surface area contributed by atoms with E-state index in [1.807, 2.05) is 24.3 Å². The summed E-state index contributed by atoms with van der Waals surface area (Å²) in [6.45, 7) is 6.35. The number of hydrogen-bond acceptors (Lipinski definition) is 3. The maximum absolute atomic E-state index is 12.6. The van der Waals surface area contributed by atoms with Gasteiger partial charge < -0.3 is 5.32 Å². The molecule has 27 heavy (non-hydrogen) atoms. The van der Waals surface area contributed by atoms with Crippen LogP contribution in [-0.2, 0) is 15.4 Å². The van der Waals surface area contributed by atoms with Crippen molar-refractivity contribution in [3.63, 3.8) is 0 Å². The summed E-state index contributed by atoms with van der Waals surface area (Å²) in [7, 11) is -3.74. The minimum Gasteiger partial charge on any atom is -0.322 e. The predicted octanol–water partition coefficient (Wildman–Crippen LogP) is 4.33. The molecule has 1 aliphatic carbocycles. The van der Waals surface area contributed by atoms with Crippen LogP contribution >= 0.6 is 11.6 Å². The van der Waals surface area contributed by atoms with Gasteiger partial charge >= 0.3 is 0 Å². The summed E-state index contributed by atoms with van der Waals surface area (Å²) in [5.41, 5.74) is 2.06. The zero-order valence-corrected chi connectivity index (χ0v) is 17.1. The van der Waals surface area contributed by atoms with Gasteiger partial charge in [-0.05, 0) is 54.2 Å². The third-order valence-electron chi connectivity index (χ3n) is 4.39. The normalized spacial score (nSPS) is 14.8. The average molecular weight is 407 g/mol. The minimum atomic E-state index is -3.74. The van der Waals surface area contributed by atoms with Gasteiger partial charge in [-0.25, -0.2) is 13.1 Å². The predicted molar refractivity (Wildman–Crippen MR) is 108 cm³/mol. The lowest BCUT2D eigenvalue weighted by atomic mass is 9.87. The van der Waals surface area contributed by atoms with Gasteiger partial charge in [-0.15, -0.1) is 0 Å². The van der Waals surface area contributed by atoms with Crippen LogP contribution in [0.3, 0.4) is 0 Å². The Labute approximate surface area is 165 Å². The summed E-state index contributed by atoms with van der Waals surface area (Å²) >= 11 is 6.06. The molecule has 1 amide bonds. The topological polar surface area (TPSA) is 75.3 Å². The highest BCUT2D eigenvalue weighted by atomic mass is 35.5. The third-order valence-corrected chi connectivity index (χ3v) is 6.39. The Hall–Kier alpha value is -1.89. The van der Waals surface area contributed by atoms with Crippen LogP contribution in [0.15, 0.2) is 47.4 Å². The molecule has 0 bridgehead atoms. The summed E-state index contributed by atoms with van der Waals surface area (Å²) in [5, 5.41) is 2.88. The van der Waals surface area contributed by atoms with Crippen LogP contribution in [0.1, 0.15) is 49.5 Å². The quantitative estimate of drug-likeness (QED) is 0.775. The van der Waals surface area contributed by atoms with Crippen LogP contribution in [0.4, 0.5) is 5.69 Å². The summed E-state index contributed by atoms with van der Waals surface area (Å²) in [5.74, 6) is -0.391. The highest BCUT2D eigenvalue weighted by Crippen LogP contribution is 2.27. The number of nitrogens with one attached hydrogen (secondary N) is 2. The maximum atomic E-state index is 12.6. The molecule has 3 rings (SSSR count). The number of hydrogen-bond donors (Lipinski definition) is 2. The first-order valence-electron chi connectivity index (χ1n) is 8.80. The van der Waals surface area contributed by atoms with E-state index in [1.54, 1.807) is 0 Å². The Kier molecular flexibility index (Phi) is 5.34. The molecule has 1 fully saturated rings. The molecule has 0 aromatic heterocycles. The van der Waals surface area contributed by atoms with Gasteiger partial charge in [-0.2, -0.15) is 0 Å². The summed E-state index contributed by atoms with van der Waals surface area (Å²) in [6, 6.07) is 11.8. The van der Waals surface area contributed by atoms with E-state index in [0.29, 0.717) is 5.69 Å². The highest BCUT2D eigenvalue weighted by molar-refractivity contribution is 7.89. The molecule has 7 heteroatoms. The smallest absolute Gasteiger partial charge is 0.255 e. The van der Waals surface area contributed by atoms with Crippen molar-refractivity contribution in [2.75, 3.05) is 5.32 Å². The van der Waals surface area contributed by atoms with E-state index in [0.717, 1.165) is 18.4 Å². The van der Waals surface area contributed by atoms with E-state index in [-0.39, 0.29) is 26.9 Å². The van der Waals surface area contributed by atoms with Crippen molar-refractivity contribution in [1.82, 2.24) is 4.72 Å². The fourth-order valence-corrected chi connectivity index (χ4v) is 4.42. The number of anilines is 1. The lowest BCUT2D eigenvalue weighted by Crippen LogP contribution is -2.26. The number of amides is 1.